The first-order valence-corrected chi connectivity index (χ1v) is 7.45. The lowest BCUT2D eigenvalue weighted by atomic mass is 10.3. The Labute approximate surface area is 130 Å². The zero-order valence-corrected chi connectivity index (χ0v) is 12.6. The van der Waals surface area contributed by atoms with Gasteiger partial charge in [0.1, 0.15) is 10.7 Å². The maximum atomic E-state index is 11.9. The van der Waals surface area contributed by atoms with Crippen LogP contribution in [0.1, 0.15) is 5.01 Å². The van der Waals surface area contributed by atoms with Gasteiger partial charge >= 0.3 is 0 Å². The lowest BCUT2D eigenvalue weighted by Gasteiger charge is -2.02. The molecule has 0 bridgehead atoms. The number of hydrogen-bond donors (Lipinski definition) is 1. The average Bonchev–Trinajstić information content (AvgIpc) is 2.93. The molecule has 1 aromatic carbocycles. The number of pyridine rings is 1. The van der Waals surface area contributed by atoms with E-state index < -0.39 is 0 Å². The van der Waals surface area contributed by atoms with Crippen molar-refractivity contribution in [1.82, 2.24) is 9.55 Å². The highest BCUT2D eigenvalue weighted by atomic mass is 32.1. The molecule has 1 N–H and O–H groups in total. The Kier molecular flexibility index (Phi) is 3.84. The Bertz CT molecular complexity index is 891. The van der Waals surface area contributed by atoms with Crippen LogP contribution in [0.4, 0.5) is 5.69 Å². The van der Waals surface area contributed by atoms with Gasteiger partial charge in [-0.3, -0.25) is 9.59 Å². The molecule has 0 aliphatic rings. The van der Waals surface area contributed by atoms with E-state index in [0.717, 1.165) is 15.2 Å². The lowest BCUT2D eigenvalue weighted by molar-refractivity contribution is -0.111. The fraction of sp³-hybridized carbons (Fsp3) is 0.0625. The summed E-state index contributed by atoms with van der Waals surface area (Å²) in [5, 5.41) is 3.32. The molecule has 2 heterocycles. The molecule has 0 unspecified atom stereocenters. The van der Waals surface area contributed by atoms with Crippen molar-refractivity contribution in [3.8, 4) is 0 Å². The number of rotatable bonds is 3. The van der Waals surface area contributed by atoms with Gasteiger partial charge in [0.25, 0.3) is 5.56 Å². The molecule has 22 heavy (non-hydrogen) atoms. The molecule has 6 heteroatoms. The molecule has 1 amide bonds. The van der Waals surface area contributed by atoms with Gasteiger partial charge < -0.3 is 9.88 Å². The highest BCUT2D eigenvalue weighted by molar-refractivity contribution is 7.19. The second-order valence-electron chi connectivity index (χ2n) is 4.68. The molecule has 0 spiro atoms. The van der Waals surface area contributed by atoms with Crippen LogP contribution in [0.25, 0.3) is 16.3 Å². The molecule has 0 aliphatic carbocycles. The number of benzene rings is 1. The van der Waals surface area contributed by atoms with E-state index in [2.05, 4.69) is 10.3 Å². The summed E-state index contributed by atoms with van der Waals surface area (Å²) in [7, 11) is 1.63. The number of hydrogen-bond acceptors (Lipinski definition) is 4. The van der Waals surface area contributed by atoms with Gasteiger partial charge in [0.05, 0.1) is 10.2 Å². The van der Waals surface area contributed by atoms with Crippen LogP contribution in [0.5, 0.6) is 0 Å². The summed E-state index contributed by atoms with van der Waals surface area (Å²) in [5.41, 5.74) is 0.915. The van der Waals surface area contributed by atoms with E-state index in [9.17, 15) is 9.59 Å². The van der Waals surface area contributed by atoms with Crippen LogP contribution in [-0.4, -0.2) is 15.5 Å². The molecule has 5 nitrogen and oxygen atoms in total. The van der Waals surface area contributed by atoms with Crippen LogP contribution in [0.2, 0.25) is 0 Å². The number of amides is 1. The van der Waals surface area contributed by atoms with E-state index >= 15 is 0 Å². The highest BCUT2D eigenvalue weighted by Gasteiger charge is 2.04. The summed E-state index contributed by atoms with van der Waals surface area (Å²) in [6, 6.07) is 11.1. The van der Waals surface area contributed by atoms with Crippen molar-refractivity contribution < 1.29 is 4.79 Å². The predicted molar refractivity (Wildman–Crippen MR) is 89.0 cm³/mol. The fourth-order valence-electron chi connectivity index (χ4n) is 1.98. The van der Waals surface area contributed by atoms with Crippen LogP contribution in [0, 0.1) is 0 Å². The van der Waals surface area contributed by atoms with E-state index in [0.29, 0.717) is 0 Å². The van der Waals surface area contributed by atoms with Crippen molar-refractivity contribution in [2.45, 2.75) is 0 Å². The first-order chi connectivity index (χ1) is 10.6. The quantitative estimate of drug-likeness (QED) is 0.756. The number of fused-ring (bicyclic) bond motifs is 1. The van der Waals surface area contributed by atoms with Gasteiger partial charge in [-0.2, -0.15) is 0 Å². The third kappa shape index (κ3) is 2.96. The third-order valence-electron chi connectivity index (χ3n) is 3.07. The molecule has 0 fully saturated rings. The minimum Gasteiger partial charge on any atom is -0.318 e. The van der Waals surface area contributed by atoms with Gasteiger partial charge in [0, 0.05) is 19.3 Å². The zero-order valence-electron chi connectivity index (χ0n) is 11.8. The number of nitrogens with one attached hydrogen (secondary N) is 1. The van der Waals surface area contributed by atoms with Crippen LogP contribution >= 0.6 is 11.3 Å². The van der Waals surface area contributed by atoms with E-state index in [1.54, 1.807) is 31.5 Å². The van der Waals surface area contributed by atoms with Gasteiger partial charge in [0.2, 0.25) is 5.91 Å². The van der Waals surface area contributed by atoms with Crippen LogP contribution in [0.15, 0.2) is 53.5 Å². The molecule has 2 aromatic heterocycles. The number of anilines is 1. The smallest absolute Gasteiger partial charge is 0.274 e. The Balaban J connectivity index is 1.76. The summed E-state index contributed by atoms with van der Waals surface area (Å²) in [5.74, 6) is -0.359. The number of aryl methyl sites for hydroxylation is 1. The van der Waals surface area contributed by atoms with Crippen LogP contribution in [-0.2, 0) is 11.8 Å². The number of carbonyl (C=O) groups excluding carboxylic acids is 1. The first-order valence-electron chi connectivity index (χ1n) is 6.64. The molecule has 0 aliphatic heterocycles. The number of thiazole rings is 1. The van der Waals surface area contributed by atoms with Gasteiger partial charge in [-0.15, -0.1) is 11.3 Å². The number of carbonyl (C=O) groups is 1. The van der Waals surface area contributed by atoms with Crippen molar-refractivity contribution in [2.75, 3.05) is 5.32 Å². The van der Waals surface area contributed by atoms with Gasteiger partial charge in [-0.1, -0.05) is 12.1 Å². The van der Waals surface area contributed by atoms with E-state index in [4.69, 9.17) is 0 Å². The Morgan fingerprint density at radius 3 is 2.91 bits per heavy atom. The van der Waals surface area contributed by atoms with E-state index in [1.807, 2.05) is 24.3 Å². The van der Waals surface area contributed by atoms with Crippen molar-refractivity contribution in [3.63, 3.8) is 0 Å². The van der Waals surface area contributed by atoms with Crippen LogP contribution < -0.4 is 10.9 Å². The maximum Gasteiger partial charge on any atom is 0.274 e. The van der Waals surface area contributed by atoms with Gasteiger partial charge in [-0.25, -0.2) is 4.98 Å². The van der Waals surface area contributed by atoms with E-state index in [-0.39, 0.29) is 17.2 Å². The number of nitrogens with zero attached hydrogens (tertiary/aromatic N) is 2. The largest absolute Gasteiger partial charge is 0.318 e. The molecule has 110 valence electrons. The molecule has 0 saturated carbocycles. The molecule has 0 radical (unpaired) electrons. The monoisotopic (exact) mass is 311 g/mol. The van der Waals surface area contributed by atoms with Gasteiger partial charge in [0.15, 0.2) is 0 Å². The minimum atomic E-state index is -0.359. The fourth-order valence-corrected chi connectivity index (χ4v) is 2.85. The first kappa shape index (κ1) is 14.2. The van der Waals surface area contributed by atoms with Gasteiger partial charge in [-0.05, 0) is 30.3 Å². The second-order valence-corrected chi connectivity index (χ2v) is 5.74. The standard InChI is InChI=1S/C16H13N3O2S/c1-19-10-4-6-12(16(19)21)17-14(20)8-9-15-18-11-5-2-3-7-13(11)22-15/h2-10H,1H3,(H,17,20)/b9-8+. The molecule has 3 aromatic rings. The summed E-state index contributed by atoms with van der Waals surface area (Å²) in [6.45, 7) is 0. The number of aromatic nitrogens is 2. The topological polar surface area (TPSA) is 64.0 Å². The molecule has 0 atom stereocenters. The Morgan fingerprint density at radius 2 is 2.09 bits per heavy atom. The highest BCUT2D eigenvalue weighted by Crippen LogP contribution is 2.22. The normalized spacial score (nSPS) is 11.1. The summed E-state index contributed by atoms with van der Waals surface area (Å²) >= 11 is 1.51. The summed E-state index contributed by atoms with van der Waals surface area (Å²) in [6.07, 6.45) is 4.66. The zero-order chi connectivity index (χ0) is 15.5. The molecule has 0 saturated heterocycles. The van der Waals surface area contributed by atoms with E-state index in [1.165, 1.54) is 22.0 Å². The van der Waals surface area contributed by atoms with Crippen molar-refractivity contribution in [1.29, 1.82) is 0 Å². The van der Waals surface area contributed by atoms with Crippen molar-refractivity contribution in [2.24, 2.45) is 7.05 Å². The Morgan fingerprint density at radius 1 is 1.27 bits per heavy atom. The van der Waals surface area contributed by atoms with Crippen molar-refractivity contribution in [3.05, 3.63) is 64.0 Å². The molecular formula is C16H13N3O2S. The summed E-state index contributed by atoms with van der Waals surface area (Å²) < 4.78 is 2.48. The SMILES string of the molecule is Cn1cccc(NC(=O)/C=C/c2nc3ccccc3s2)c1=O. The van der Waals surface area contributed by atoms with Crippen molar-refractivity contribution >= 4 is 39.2 Å². The molecule has 3 rings (SSSR count). The number of para-hydroxylation sites is 1. The average molecular weight is 311 g/mol. The minimum absolute atomic E-state index is 0.246. The maximum absolute atomic E-state index is 11.9. The summed E-state index contributed by atoms with van der Waals surface area (Å²) in [4.78, 5) is 28.1. The molecular weight excluding hydrogens is 298 g/mol. The predicted octanol–water partition coefficient (Wildman–Crippen LogP) is 2.65. The second kappa shape index (κ2) is 5.95. The Hall–Kier alpha value is -2.73. The lowest BCUT2D eigenvalue weighted by Crippen LogP contribution is -2.22. The third-order valence-corrected chi connectivity index (χ3v) is 4.07. The van der Waals surface area contributed by atoms with Crippen LogP contribution in [0.3, 0.4) is 0 Å².